The van der Waals surface area contributed by atoms with Crippen molar-refractivity contribution in [3.8, 4) is 17.2 Å². The van der Waals surface area contributed by atoms with E-state index in [2.05, 4.69) is 0 Å². The molecule has 0 unspecified atom stereocenters. The lowest BCUT2D eigenvalue weighted by Gasteiger charge is -2.54. The average molecular weight is 706 g/mol. The molecule has 0 aromatic heterocycles. The minimum Gasteiger partial charge on any atom is -0.502 e. The molecule has 53 heavy (non-hydrogen) atoms. The second-order valence-electron chi connectivity index (χ2n) is 14.2. The summed E-state index contributed by atoms with van der Waals surface area (Å²) in [6.07, 6.45) is 7.93. The van der Waals surface area contributed by atoms with E-state index in [0.29, 0.717) is 28.7 Å². The molecule has 2 fully saturated rings. The lowest BCUT2D eigenvalue weighted by Crippen LogP contribution is -2.59. The van der Waals surface area contributed by atoms with Crippen LogP contribution in [0.5, 0.6) is 17.2 Å². The van der Waals surface area contributed by atoms with Gasteiger partial charge in [-0.1, -0.05) is 115 Å². The third-order valence-corrected chi connectivity index (χ3v) is 11.7. The summed E-state index contributed by atoms with van der Waals surface area (Å²) in [6, 6.07) is 31.5. The Morgan fingerprint density at radius 1 is 0.811 bits per heavy atom. The van der Waals surface area contributed by atoms with Crippen LogP contribution in [0.15, 0.2) is 127 Å². The van der Waals surface area contributed by atoms with Crippen LogP contribution in [-0.2, 0) is 31.1 Å². The highest BCUT2D eigenvalue weighted by molar-refractivity contribution is 6.31. The Labute approximate surface area is 308 Å². The third kappa shape index (κ3) is 5.43. The fourth-order valence-corrected chi connectivity index (χ4v) is 9.33. The van der Waals surface area contributed by atoms with Gasteiger partial charge in [0.1, 0.15) is 0 Å². The van der Waals surface area contributed by atoms with Crippen LogP contribution in [0.2, 0.25) is 0 Å². The van der Waals surface area contributed by atoms with Crippen molar-refractivity contribution in [2.45, 2.75) is 24.8 Å². The number of Topliss-reactive ketones (excluding diaryl/α,β-unsaturated/α-hetero) is 1. The van der Waals surface area contributed by atoms with Crippen LogP contribution in [0.3, 0.4) is 0 Å². The summed E-state index contributed by atoms with van der Waals surface area (Å²) in [7, 11) is 2.91. The number of aromatic hydroxyl groups is 1. The zero-order chi connectivity index (χ0) is 36.9. The number of carbonyl (C=O) groups is 4. The Bertz CT molecular complexity index is 2180. The van der Waals surface area contributed by atoms with Gasteiger partial charge >= 0.3 is 0 Å². The molecule has 4 aromatic carbocycles. The maximum absolute atomic E-state index is 15.1. The van der Waals surface area contributed by atoms with Crippen LogP contribution in [0.25, 0.3) is 11.6 Å². The van der Waals surface area contributed by atoms with E-state index in [-0.39, 0.29) is 53.6 Å². The number of phenolic OH excluding ortho intramolecular Hbond substituents is 1. The number of fused-ring (bicyclic) bond motifs is 4. The molecule has 3 aliphatic carbocycles. The Balaban J connectivity index is 1.31. The number of carbonyl (C=O) groups excluding carboxylic acids is 4. The van der Waals surface area contributed by atoms with Crippen molar-refractivity contribution >= 4 is 35.0 Å². The Morgan fingerprint density at radius 3 is 2.08 bits per heavy atom. The van der Waals surface area contributed by atoms with Crippen LogP contribution in [0, 0.1) is 29.6 Å². The van der Waals surface area contributed by atoms with Crippen molar-refractivity contribution in [2.75, 3.05) is 14.2 Å². The van der Waals surface area contributed by atoms with Gasteiger partial charge < -0.3 is 14.6 Å². The normalized spacial score (nSPS) is 26.5. The SMILES string of the molecule is COc1cc(C=C[C@H]2C3=CC[C@@H]4C(=O)N(Cc5ccccc5)C(=O)[C@@H]4[C@@H]3C[C@H]3C(=O)C(c4ccccc4)=CC(=O)[C@@]23c2ccccc2)cc(OC)c1O. The van der Waals surface area contributed by atoms with E-state index in [4.69, 9.17) is 9.47 Å². The molecule has 4 aromatic rings. The standard InChI is InChI=1S/C45H39NO7/c1-52-37-22-28(23-38(53-2)42(37)49)18-21-35-31-19-20-32-40(44(51)46(43(32)50)26-27-12-6-3-7-13-27)34(31)24-36-41(48)33(29-14-8-4-9-15-29)25-39(47)45(35,36)30-16-10-5-11-17-30/h3-19,21-23,25,32,34-36,40,49H,20,24,26H2,1-2H3/t32-,34+,35-,36-,40-,45-/m0/s1. The maximum atomic E-state index is 15.1. The van der Waals surface area contributed by atoms with E-state index in [1.54, 1.807) is 12.1 Å². The quantitative estimate of drug-likeness (QED) is 0.156. The van der Waals surface area contributed by atoms with E-state index in [1.807, 2.05) is 109 Å². The molecule has 1 saturated carbocycles. The first-order chi connectivity index (χ1) is 25.8. The number of rotatable bonds is 8. The molecule has 4 aliphatic rings. The lowest BCUT2D eigenvalue weighted by molar-refractivity contribution is -0.141. The summed E-state index contributed by atoms with van der Waals surface area (Å²) in [5.74, 6) is -3.67. The van der Waals surface area contributed by atoms with Crippen molar-refractivity contribution in [3.63, 3.8) is 0 Å². The Hall–Kier alpha value is -6.02. The topological polar surface area (TPSA) is 110 Å². The van der Waals surface area contributed by atoms with E-state index >= 15 is 9.59 Å². The summed E-state index contributed by atoms with van der Waals surface area (Å²) >= 11 is 0. The Kier molecular flexibility index (Phi) is 8.69. The maximum Gasteiger partial charge on any atom is 0.234 e. The number of hydrogen-bond donors (Lipinski definition) is 1. The molecule has 1 saturated heterocycles. The first-order valence-corrected chi connectivity index (χ1v) is 17.9. The second kappa shape index (κ2) is 13.5. The van der Waals surface area contributed by atoms with Crippen LogP contribution in [0.1, 0.15) is 35.1 Å². The smallest absolute Gasteiger partial charge is 0.234 e. The average Bonchev–Trinajstić information content (AvgIpc) is 3.44. The number of ketones is 2. The molecule has 0 radical (unpaired) electrons. The number of imide groups is 1. The number of nitrogens with zero attached hydrogens (tertiary/aromatic N) is 1. The summed E-state index contributed by atoms with van der Waals surface area (Å²) in [4.78, 5) is 60.0. The molecule has 8 heteroatoms. The second-order valence-corrected chi connectivity index (χ2v) is 14.2. The fourth-order valence-electron chi connectivity index (χ4n) is 9.33. The number of allylic oxidation sites excluding steroid dienone is 5. The van der Waals surface area contributed by atoms with Gasteiger partial charge in [0.05, 0.1) is 38.0 Å². The van der Waals surface area contributed by atoms with Gasteiger partial charge in [-0.2, -0.15) is 0 Å². The van der Waals surface area contributed by atoms with Gasteiger partial charge in [-0.15, -0.1) is 0 Å². The fraction of sp³-hybridized carbons (Fsp3) is 0.244. The summed E-state index contributed by atoms with van der Waals surface area (Å²) < 4.78 is 10.9. The Morgan fingerprint density at radius 2 is 1.43 bits per heavy atom. The zero-order valence-electron chi connectivity index (χ0n) is 29.5. The zero-order valence-corrected chi connectivity index (χ0v) is 29.5. The number of ether oxygens (including phenoxy) is 2. The van der Waals surface area contributed by atoms with Crippen LogP contribution in [-0.4, -0.2) is 47.6 Å². The van der Waals surface area contributed by atoms with Crippen molar-refractivity contribution in [1.82, 2.24) is 4.90 Å². The first kappa shape index (κ1) is 34.1. The van der Waals surface area contributed by atoms with Gasteiger partial charge in [0.2, 0.25) is 17.6 Å². The predicted octanol–water partition coefficient (Wildman–Crippen LogP) is 6.98. The molecule has 8 rings (SSSR count). The van der Waals surface area contributed by atoms with Gasteiger partial charge in [-0.05, 0) is 59.2 Å². The lowest BCUT2D eigenvalue weighted by atomic mass is 9.45. The van der Waals surface area contributed by atoms with E-state index in [1.165, 1.54) is 25.2 Å². The monoisotopic (exact) mass is 705 g/mol. The van der Waals surface area contributed by atoms with Crippen molar-refractivity contribution in [3.05, 3.63) is 149 Å². The number of methoxy groups -OCH3 is 2. The highest BCUT2D eigenvalue weighted by Gasteiger charge is 2.65. The van der Waals surface area contributed by atoms with E-state index < -0.39 is 35.0 Å². The summed E-state index contributed by atoms with van der Waals surface area (Å²) in [5, 5.41) is 10.6. The largest absolute Gasteiger partial charge is 0.502 e. The minimum atomic E-state index is -1.33. The number of likely N-dealkylation sites (tertiary alicyclic amines) is 1. The van der Waals surface area contributed by atoms with E-state index in [0.717, 1.165) is 11.1 Å². The van der Waals surface area contributed by atoms with Gasteiger partial charge in [-0.3, -0.25) is 24.1 Å². The predicted molar refractivity (Wildman–Crippen MR) is 200 cm³/mol. The first-order valence-electron chi connectivity index (χ1n) is 17.9. The van der Waals surface area contributed by atoms with Gasteiger partial charge in [0.15, 0.2) is 23.1 Å². The van der Waals surface area contributed by atoms with Crippen molar-refractivity contribution < 1.29 is 33.8 Å². The van der Waals surface area contributed by atoms with Crippen molar-refractivity contribution in [1.29, 1.82) is 0 Å². The molecular weight excluding hydrogens is 666 g/mol. The van der Waals surface area contributed by atoms with Crippen LogP contribution >= 0.6 is 0 Å². The third-order valence-electron chi connectivity index (χ3n) is 11.7. The van der Waals surface area contributed by atoms with Crippen LogP contribution in [0.4, 0.5) is 0 Å². The van der Waals surface area contributed by atoms with Crippen molar-refractivity contribution in [2.24, 2.45) is 29.6 Å². The van der Waals surface area contributed by atoms with Gasteiger partial charge in [-0.25, -0.2) is 0 Å². The number of amides is 2. The summed E-state index contributed by atoms with van der Waals surface area (Å²) in [5.41, 5.74) is 2.77. The molecular formula is C45H39NO7. The van der Waals surface area contributed by atoms with Crippen LogP contribution < -0.4 is 9.47 Å². The molecule has 1 heterocycles. The molecule has 8 nitrogen and oxygen atoms in total. The molecule has 0 bridgehead atoms. The van der Waals surface area contributed by atoms with Gasteiger partial charge in [0.25, 0.3) is 0 Å². The molecule has 266 valence electrons. The molecule has 2 amide bonds. The molecule has 0 spiro atoms. The highest BCUT2D eigenvalue weighted by atomic mass is 16.5. The number of phenols is 1. The minimum absolute atomic E-state index is 0.136. The number of benzene rings is 4. The molecule has 6 atom stereocenters. The number of hydrogen-bond acceptors (Lipinski definition) is 7. The summed E-state index contributed by atoms with van der Waals surface area (Å²) in [6.45, 7) is 0.178. The van der Waals surface area contributed by atoms with E-state index in [9.17, 15) is 14.7 Å². The molecule has 1 N–H and O–H groups in total. The van der Waals surface area contributed by atoms with Gasteiger partial charge in [0, 0.05) is 17.4 Å². The molecule has 1 aliphatic heterocycles. The highest BCUT2D eigenvalue weighted by Crippen LogP contribution is 2.61.